The highest BCUT2D eigenvalue weighted by molar-refractivity contribution is 5.81. The van der Waals surface area contributed by atoms with E-state index in [9.17, 15) is 14.4 Å². The molecule has 1 fully saturated rings. The standard InChI is InChI=1S/C14H24N2O4/c1-9(2)13(18)16-6-4-11(5-7-16)12(17)15-8-10(3)14(19)20/h9-11H,4-8H2,1-3H3,(H,15,17)(H,19,20). The molecule has 20 heavy (non-hydrogen) atoms. The lowest BCUT2D eigenvalue weighted by Gasteiger charge is -2.32. The highest BCUT2D eigenvalue weighted by Gasteiger charge is 2.28. The van der Waals surface area contributed by atoms with E-state index in [0.29, 0.717) is 25.9 Å². The molecule has 0 bridgehead atoms. The largest absolute Gasteiger partial charge is 0.481 e. The number of amides is 2. The number of nitrogens with zero attached hydrogens (tertiary/aromatic N) is 1. The van der Waals surface area contributed by atoms with Crippen LogP contribution in [0.3, 0.4) is 0 Å². The first-order valence-electron chi connectivity index (χ1n) is 7.12. The van der Waals surface area contributed by atoms with Crippen molar-refractivity contribution in [2.45, 2.75) is 33.6 Å². The molecule has 1 heterocycles. The molecule has 6 heteroatoms. The summed E-state index contributed by atoms with van der Waals surface area (Å²) in [6.07, 6.45) is 1.29. The topological polar surface area (TPSA) is 86.7 Å². The van der Waals surface area contributed by atoms with Gasteiger partial charge < -0.3 is 15.3 Å². The molecule has 1 saturated heterocycles. The zero-order valence-corrected chi connectivity index (χ0v) is 12.4. The molecule has 0 aromatic rings. The van der Waals surface area contributed by atoms with Crippen LogP contribution in [0.15, 0.2) is 0 Å². The lowest BCUT2D eigenvalue weighted by molar-refractivity contribution is -0.141. The number of carbonyl (C=O) groups is 3. The third-order valence-electron chi connectivity index (χ3n) is 3.68. The average molecular weight is 284 g/mol. The van der Waals surface area contributed by atoms with E-state index in [4.69, 9.17) is 5.11 Å². The van der Waals surface area contributed by atoms with Crippen LogP contribution in [0.2, 0.25) is 0 Å². The third kappa shape index (κ3) is 4.51. The van der Waals surface area contributed by atoms with E-state index in [1.165, 1.54) is 0 Å². The Morgan fingerprint density at radius 3 is 2.20 bits per heavy atom. The van der Waals surface area contributed by atoms with Crippen molar-refractivity contribution >= 4 is 17.8 Å². The molecule has 0 aliphatic carbocycles. The Morgan fingerprint density at radius 2 is 1.75 bits per heavy atom. The predicted molar refractivity (Wildman–Crippen MR) is 74.0 cm³/mol. The summed E-state index contributed by atoms with van der Waals surface area (Å²) in [6.45, 7) is 6.65. The first-order valence-corrected chi connectivity index (χ1v) is 7.12. The number of aliphatic carboxylic acids is 1. The van der Waals surface area contributed by atoms with Crippen molar-refractivity contribution in [3.63, 3.8) is 0 Å². The fourth-order valence-corrected chi connectivity index (χ4v) is 2.21. The number of nitrogens with one attached hydrogen (secondary N) is 1. The van der Waals surface area contributed by atoms with Crippen molar-refractivity contribution in [1.29, 1.82) is 0 Å². The SMILES string of the molecule is CC(C)C(=O)N1CCC(C(=O)NCC(C)C(=O)O)CC1. The maximum absolute atomic E-state index is 11.9. The number of piperidine rings is 1. The Kier molecular flexibility index (Phi) is 5.98. The summed E-state index contributed by atoms with van der Waals surface area (Å²) >= 11 is 0. The number of likely N-dealkylation sites (tertiary alicyclic amines) is 1. The van der Waals surface area contributed by atoms with Gasteiger partial charge in [0.1, 0.15) is 0 Å². The molecule has 1 unspecified atom stereocenters. The average Bonchev–Trinajstić information content (AvgIpc) is 2.43. The number of carboxylic acids is 1. The molecule has 114 valence electrons. The molecule has 0 radical (unpaired) electrons. The maximum atomic E-state index is 11.9. The number of carboxylic acid groups (broad SMARTS) is 1. The van der Waals surface area contributed by atoms with Gasteiger partial charge in [0.15, 0.2) is 0 Å². The van der Waals surface area contributed by atoms with Crippen LogP contribution in [0.4, 0.5) is 0 Å². The first-order chi connectivity index (χ1) is 9.32. The lowest BCUT2D eigenvalue weighted by Crippen LogP contribution is -2.45. The van der Waals surface area contributed by atoms with Gasteiger partial charge in [0.05, 0.1) is 5.92 Å². The monoisotopic (exact) mass is 284 g/mol. The highest BCUT2D eigenvalue weighted by Crippen LogP contribution is 2.19. The minimum atomic E-state index is -0.914. The molecule has 2 N–H and O–H groups in total. The van der Waals surface area contributed by atoms with Crippen molar-refractivity contribution in [1.82, 2.24) is 10.2 Å². The maximum Gasteiger partial charge on any atom is 0.308 e. The molecular formula is C14H24N2O4. The molecule has 6 nitrogen and oxygen atoms in total. The van der Waals surface area contributed by atoms with E-state index in [0.717, 1.165) is 0 Å². The normalized spacial score (nSPS) is 17.9. The zero-order chi connectivity index (χ0) is 15.3. The number of hydrogen-bond donors (Lipinski definition) is 2. The van der Waals surface area contributed by atoms with Gasteiger partial charge in [-0.2, -0.15) is 0 Å². The second kappa shape index (κ2) is 7.26. The second-order valence-corrected chi connectivity index (χ2v) is 5.74. The predicted octanol–water partition coefficient (Wildman–Crippen LogP) is 0.718. The molecule has 1 rings (SSSR count). The summed E-state index contributed by atoms with van der Waals surface area (Å²) in [6, 6.07) is 0. The van der Waals surface area contributed by atoms with Crippen LogP contribution in [0.1, 0.15) is 33.6 Å². The molecular weight excluding hydrogens is 260 g/mol. The molecule has 0 saturated carbocycles. The van der Waals surface area contributed by atoms with Gasteiger partial charge in [-0.15, -0.1) is 0 Å². The van der Waals surface area contributed by atoms with Gasteiger partial charge in [0, 0.05) is 31.5 Å². The van der Waals surface area contributed by atoms with Gasteiger partial charge >= 0.3 is 5.97 Å². The summed E-state index contributed by atoms with van der Waals surface area (Å²) in [4.78, 5) is 36.2. The summed E-state index contributed by atoms with van der Waals surface area (Å²) in [7, 11) is 0. The van der Waals surface area contributed by atoms with Crippen LogP contribution in [0, 0.1) is 17.8 Å². The fraction of sp³-hybridized carbons (Fsp3) is 0.786. The number of rotatable bonds is 5. The minimum Gasteiger partial charge on any atom is -0.481 e. The van der Waals surface area contributed by atoms with Crippen molar-refractivity contribution in [2.75, 3.05) is 19.6 Å². The zero-order valence-electron chi connectivity index (χ0n) is 12.4. The van der Waals surface area contributed by atoms with Crippen LogP contribution in [-0.2, 0) is 14.4 Å². The summed E-state index contributed by atoms with van der Waals surface area (Å²) in [5.41, 5.74) is 0. The van der Waals surface area contributed by atoms with E-state index in [-0.39, 0.29) is 30.2 Å². The smallest absolute Gasteiger partial charge is 0.308 e. The van der Waals surface area contributed by atoms with Crippen LogP contribution < -0.4 is 5.32 Å². The van der Waals surface area contributed by atoms with Crippen LogP contribution >= 0.6 is 0 Å². The van der Waals surface area contributed by atoms with Crippen molar-refractivity contribution in [3.8, 4) is 0 Å². The Morgan fingerprint density at radius 1 is 1.20 bits per heavy atom. The quantitative estimate of drug-likeness (QED) is 0.778. The van der Waals surface area contributed by atoms with Crippen molar-refractivity contribution < 1.29 is 19.5 Å². The van der Waals surface area contributed by atoms with Gasteiger partial charge in [-0.1, -0.05) is 20.8 Å². The Bertz CT molecular complexity index is 373. The first kappa shape index (κ1) is 16.5. The van der Waals surface area contributed by atoms with Gasteiger partial charge in [-0.25, -0.2) is 0 Å². The summed E-state index contributed by atoms with van der Waals surface area (Å²) < 4.78 is 0. The number of carbonyl (C=O) groups excluding carboxylic acids is 2. The van der Waals surface area contributed by atoms with E-state index in [1.807, 2.05) is 13.8 Å². The van der Waals surface area contributed by atoms with E-state index < -0.39 is 11.9 Å². The molecule has 0 aromatic carbocycles. The molecule has 1 aliphatic rings. The molecule has 1 aliphatic heterocycles. The van der Waals surface area contributed by atoms with Gasteiger partial charge in [0.2, 0.25) is 11.8 Å². The van der Waals surface area contributed by atoms with Gasteiger partial charge in [0.25, 0.3) is 0 Å². The molecule has 0 spiro atoms. The Hall–Kier alpha value is -1.59. The Balaban J connectivity index is 2.36. The molecule has 2 amide bonds. The summed E-state index contributed by atoms with van der Waals surface area (Å²) in [5, 5.41) is 11.4. The second-order valence-electron chi connectivity index (χ2n) is 5.74. The van der Waals surface area contributed by atoms with Gasteiger partial charge in [-0.3, -0.25) is 14.4 Å². The van der Waals surface area contributed by atoms with E-state index in [2.05, 4.69) is 5.32 Å². The van der Waals surface area contributed by atoms with Crippen LogP contribution in [-0.4, -0.2) is 47.4 Å². The third-order valence-corrected chi connectivity index (χ3v) is 3.68. The lowest BCUT2D eigenvalue weighted by atomic mass is 9.95. The fourth-order valence-electron chi connectivity index (χ4n) is 2.21. The van der Waals surface area contributed by atoms with E-state index >= 15 is 0 Å². The van der Waals surface area contributed by atoms with Crippen molar-refractivity contribution in [2.24, 2.45) is 17.8 Å². The van der Waals surface area contributed by atoms with Crippen LogP contribution in [0.25, 0.3) is 0 Å². The molecule has 1 atom stereocenters. The number of hydrogen-bond acceptors (Lipinski definition) is 3. The van der Waals surface area contributed by atoms with E-state index in [1.54, 1.807) is 11.8 Å². The minimum absolute atomic E-state index is 0.0169. The molecule has 0 aromatic heterocycles. The van der Waals surface area contributed by atoms with Crippen molar-refractivity contribution in [3.05, 3.63) is 0 Å². The Labute approximate surface area is 119 Å². The van der Waals surface area contributed by atoms with Crippen LogP contribution in [0.5, 0.6) is 0 Å². The summed E-state index contributed by atoms with van der Waals surface area (Å²) in [5.74, 6) is -1.61. The van der Waals surface area contributed by atoms with Gasteiger partial charge in [-0.05, 0) is 12.8 Å². The highest BCUT2D eigenvalue weighted by atomic mass is 16.4.